The quantitative estimate of drug-likeness (QED) is 0.645. The fourth-order valence-electron chi connectivity index (χ4n) is 1.61. The van der Waals surface area contributed by atoms with E-state index in [1.54, 1.807) is 24.3 Å². The summed E-state index contributed by atoms with van der Waals surface area (Å²) in [4.78, 5) is 11.5. The second-order valence-corrected chi connectivity index (χ2v) is 5.61. The molecule has 0 radical (unpaired) electrons. The van der Waals surface area contributed by atoms with E-state index in [1.165, 1.54) is 0 Å². The molecule has 0 aliphatic heterocycles. The molecule has 0 spiro atoms. The van der Waals surface area contributed by atoms with Crippen LogP contribution in [0.5, 0.6) is 0 Å². The van der Waals surface area contributed by atoms with E-state index in [1.807, 2.05) is 0 Å². The molecule has 118 valence electrons. The number of nitrogens with one attached hydrogen (secondary N) is 2. The Bertz CT molecular complexity index is 423. The van der Waals surface area contributed by atoms with Gasteiger partial charge in [0.2, 0.25) is 0 Å². The second kappa shape index (κ2) is 9.60. The third-order valence-corrected chi connectivity index (χ3v) is 2.95. The third kappa shape index (κ3) is 7.90. The lowest BCUT2D eigenvalue weighted by molar-refractivity contribution is 0.112. The summed E-state index contributed by atoms with van der Waals surface area (Å²) in [6.07, 6.45) is -0.759. The number of hydrogen-bond donors (Lipinski definition) is 3. The number of ether oxygens (including phenoxy) is 1. The molecule has 0 saturated carbocycles. The van der Waals surface area contributed by atoms with Crippen molar-refractivity contribution in [2.24, 2.45) is 5.92 Å². The van der Waals surface area contributed by atoms with Crippen LogP contribution in [-0.2, 0) is 4.74 Å². The second-order valence-electron chi connectivity index (χ2n) is 5.17. The van der Waals surface area contributed by atoms with Crippen LogP contribution in [0.25, 0.3) is 0 Å². The highest BCUT2D eigenvalue weighted by atomic mass is 35.5. The minimum absolute atomic E-state index is 0.139. The van der Waals surface area contributed by atoms with Crippen LogP contribution in [0.4, 0.5) is 4.79 Å². The molecule has 0 saturated heterocycles. The maximum Gasteiger partial charge on any atom is 0.314 e. The lowest BCUT2D eigenvalue weighted by atomic mass is 10.1. The molecule has 3 N–H and O–H groups in total. The van der Waals surface area contributed by atoms with Crippen molar-refractivity contribution in [3.05, 3.63) is 34.9 Å². The molecule has 1 rings (SSSR count). The lowest BCUT2D eigenvalue weighted by Gasteiger charge is -2.13. The van der Waals surface area contributed by atoms with Gasteiger partial charge in [-0.1, -0.05) is 37.6 Å². The van der Waals surface area contributed by atoms with Crippen molar-refractivity contribution in [2.45, 2.75) is 20.0 Å². The Morgan fingerprint density at radius 1 is 1.29 bits per heavy atom. The molecule has 6 heteroatoms. The van der Waals surface area contributed by atoms with E-state index < -0.39 is 6.10 Å². The van der Waals surface area contributed by atoms with Gasteiger partial charge >= 0.3 is 6.03 Å². The Morgan fingerprint density at radius 3 is 2.57 bits per heavy atom. The minimum atomic E-state index is -0.759. The van der Waals surface area contributed by atoms with Gasteiger partial charge in [-0.3, -0.25) is 0 Å². The van der Waals surface area contributed by atoms with Crippen LogP contribution in [0.2, 0.25) is 5.02 Å². The van der Waals surface area contributed by atoms with Gasteiger partial charge in [0.05, 0.1) is 12.7 Å². The average molecular weight is 315 g/mol. The topological polar surface area (TPSA) is 70.6 Å². The molecular formula is C15H23ClN2O3. The molecule has 0 aromatic heterocycles. The van der Waals surface area contributed by atoms with E-state index >= 15 is 0 Å². The molecule has 21 heavy (non-hydrogen) atoms. The van der Waals surface area contributed by atoms with Crippen molar-refractivity contribution in [1.29, 1.82) is 0 Å². The molecule has 0 aliphatic rings. The van der Waals surface area contributed by atoms with E-state index in [9.17, 15) is 9.90 Å². The van der Waals surface area contributed by atoms with E-state index in [0.717, 1.165) is 0 Å². The maximum absolute atomic E-state index is 11.5. The van der Waals surface area contributed by atoms with Crippen molar-refractivity contribution in [2.75, 3.05) is 26.3 Å². The normalized spacial score (nSPS) is 12.2. The van der Waals surface area contributed by atoms with Crippen LogP contribution >= 0.6 is 11.6 Å². The number of carbonyl (C=O) groups excluding carboxylic acids is 1. The highest BCUT2D eigenvalue weighted by Gasteiger charge is 2.09. The third-order valence-electron chi connectivity index (χ3n) is 2.69. The Hall–Kier alpha value is -1.30. The summed E-state index contributed by atoms with van der Waals surface area (Å²) >= 11 is 5.77. The molecule has 0 aliphatic carbocycles. The van der Waals surface area contributed by atoms with Gasteiger partial charge in [0.1, 0.15) is 0 Å². The van der Waals surface area contributed by atoms with Crippen LogP contribution in [0.1, 0.15) is 25.5 Å². The molecule has 0 bridgehead atoms. The van der Waals surface area contributed by atoms with Gasteiger partial charge < -0.3 is 20.5 Å². The summed E-state index contributed by atoms with van der Waals surface area (Å²) in [6, 6.07) is 6.54. The SMILES string of the molecule is CC(C)COCCNC(=O)NCC(O)c1ccc(Cl)cc1. The zero-order valence-corrected chi connectivity index (χ0v) is 13.2. The standard InChI is InChI=1S/C15H23ClN2O3/c1-11(2)10-21-8-7-17-15(20)18-9-14(19)12-3-5-13(16)6-4-12/h3-6,11,14,19H,7-10H2,1-2H3,(H2,17,18,20). The summed E-state index contributed by atoms with van der Waals surface area (Å²) < 4.78 is 5.35. The van der Waals surface area contributed by atoms with Crippen molar-refractivity contribution in [3.8, 4) is 0 Å². The number of aliphatic hydroxyl groups excluding tert-OH is 1. The van der Waals surface area contributed by atoms with E-state index in [4.69, 9.17) is 16.3 Å². The summed E-state index contributed by atoms with van der Waals surface area (Å²) in [5, 5.41) is 15.8. The highest BCUT2D eigenvalue weighted by molar-refractivity contribution is 6.30. The van der Waals surface area contributed by atoms with E-state index in [2.05, 4.69) is 24.5 Å². The number of rotatable bonds is 8. The fraction of sp³-hybridized carbons (Fsp3) is 0.533. The number of benzene rings is 1. The van der Waals surface area contributed by atoms with Crippen LogP contribution < -0.4 is 10.6 Å². The molecule has 0 heterocycles. The zero-order valence-electron chi connectivity index (χ0n) is 12.4. The lowest BCUT2D eigenvalue weighted by Crippen LogP contribution is -2.39. The number of hydrogen-bond acceptors (Lipinski definition) is 3. The van der Waals surface area contributed by atoms with Crippen molar-refractivity contribution < 1.29 is 14.6 Å². The van der Waals surface area contributed by atoms with Crippen molar-refractivity contribution in [3.63, 3.8) is 0 Å². The number of urea groups is 1. The Labute approximate surface area is 130 Å². The van der Waals surface area contributed by atoms with Crippen LogP contribution in [-0.4, -0.2) is 37.4 Å². The number of halogens is 1. The van der Waals surface area contributed by atoms with Gasteiger partial charge in [0.15, 0.2) is 0 Å². The first-order valence-corrected chi connectivity index (χ1v) is 7.39. The molecular weight excluding hydrogens is 292 g/mol. The Kier molecular flexibility index (Phi) is 8.12. The maximum atomic E-state index is 11.5. The average Bonchev–Trinajstić information content (AvgIpc) is 2.44. The first kappa shape index (κ1) is 17.8. The number of amides is 2. The minimum Gasteiger partial charge on any atom is -0.387 e. The van der Waals surface area contributed by atoms with Gasteiger partial charge in [0, 0.05) is 24.7 Å². The molecule has 2 amide bonds. The smallest absolute Gasteiger partial charge is 0.314 e. The molecule has 0 fully saturated rings. The Balaban J connectivity index is 2.16. The molecule has 1 atom stereocenters. The summed E-state index contributed by atoms with van der Waals surface area (Å²) in [5.74, 6) is 0.480. The van der Waals surface area contributed by atoms with Crippen LogP contribution in [0.15, 0.2) is 24.3 Å². The van der Waals surface area contributed by atoms with E-state index in [-0.39, 0.29) is 12.6 Å². The first-order chi connectivity index (χ1) is 9.99. The molecule has 1 aromatic rings. The van der Waals surface area contributed by atoms with Gasteiger partial charge in [-0.05, 0) is 23.6 Å². The Morgan fingerprint density at radius 2 is 1.95 bits per heavy atom. The largest absolute Gasteiger partial charge is 0.387 e. The molecule has 5 nitrogen and oxygen atoms in total. The zero-order chi connectivity index (χ0) is 15.7. The van der Waals surface area contributed by atoms with E-state index in [0.29, 0.717) is 36.3 Å². The molecule has 1 unspecified atom stereocenters. The van der Waals surface area contributed by atoms with Gasteiger partial charge in [-0.25, -0.2) is 4.79 Å². The van der Waals surface area contributed by atoms with Gasteiger partial charge in [-0.15, -0.1) is 0 Å². The summed E-state index contributed by atoms with van der Waals surface area (Å²) in [5.41, 5.74) is 0.708. The van der Waals surface area contributed by atoms with Crippen molar-refractivity contribution >= 4 is 17.6 Å². The predicted octanol–water partition coefficient (Wildman–Crippen LogP) is 2.35. The first-order valence-electron chi connectivity index (χ1n) is 7.02. The van der Waals surface area contributed by atoms with Crippen molar-refractivity contribution in [1.82, 2.24) is 10.6 Å². The van der Waals surface area contributed by atoms with Crippen LogP contribution in [0.3, 0.4) is 0 Å². The summed E-state index contributed by atoms with van der Waals surface area (Å²) in [6.45, 7) is 5.87. The highest BCUT2D eigenvalue weighted by Crippen LogP contribution is 2.15. The van der Waals surface area contributed by atoms with Crippen LogP contribution in [0, 0.1) is 5.92 Å². The number of aliphatic hydroxyl groups is 1. The number of carbonyl (C=O) groups is 1. The van der Waals surface area contributed by atoms with Gasteiger partial charge in [0.25, 0.3) is 0 Å². The monoisotopic (exact) mass is 314 g/mol. The molecule has 1 aromatic carbocycles. The summed E-state index contributed by atoms with van der Waals surface area (Å²) in [7, 11) is 0. The fourth-order valence-corrected chi connectivity index (χ4v) is 1.74. The predicted molar refractivity (Wildman–Crippen MR) is 83.5 cm³/mol. The van der Waals surface area contributed by atoms with Gasteiger partial charge in [-0.2, -0.15) is 0 Å².